The van der Waals surface area contributed by atoms with Crippen molar-refractivity contribution in [3.05, 3.63) is 62.8 Å². The maximum atomic E-state index is 13.8. The molecule has 0 amide bonds. The van der Waals surface area contributed by atoms with Gasteiger partial charge in [0.15, 0.2) is 0 Å². The molecule has 2 aromatic rings. The standard InChI is InChI=1S/C15H12BrClFNO2/c1-21-15(20)11-4-2-9(6-14(11)18)8-19-10-3-5-12(16)13(17)7-10/h2-7,19H,8H2,1H3. The first-order valence-corrected chi connectivity index (χ1v) is 7.24. The lowest BCUT2D eigenvalue weighted by Gasteiger charge is -2.09. The van der Waals surface area contributed by atoms with Gasteiger partial charge in [0.05, 0.1) is 17.7 Å². The summed E-state index contributed by atoms with van der Waals surface area (Å²) in [6.07, 6.45) is 0. The highest BCUT2D eigenvalue weighted by molar-refractivity contribution is 9.10. The number of benzene rings is 2. The van der Waals surface area contributed by atoms with Crippen molar-refractivity contribution < 1.29 is 13.9 Å². The van der Waals surface area contributed by atoms with Gasteiger partial charge in [-0.15, -0.1) is 0 Å². The van der Waals surface area contributed by atoms with Crippen LogP contribution in [-0.2, 0) is 11.3 Å². The Morgan fingerprint density at radius 3 is 2.71 bits per heavy atom. The number of anilines is 1. The Balaban J connectivity index is 2.08. The molecular weight excluding hydrogens is 361 g/mol. The molecule has 0 saturated heterocycles. The minimum atomic E-state index is -0.688. The number of carbonyl (C=O) groups is 1. The van der Waals surface area contributed by atoms with Gasteiger partial charge in [0, 0.05) is 16.7 Å². The molecule has 0 fully saturated rings. The van der Waals surface area contributed by atoms with Crippen molar-refractivity contribution in [3.63, 3.8) is 0 Å². The maximum absolute atomic E-state index is 13.8. The largest absolute Gasteiger partial charge is 0.465 e. The van der Waals surface area contributed by atoms with Crippen molar-refractivity contribution in [1.82, 2.24) is 0 Å². The predicted octanol–water partition coefficient (Wildman–Crippen LogP) is 4.64. The minimum Gasteiger partial charge on any atom is -0.465 e. The van der Waals surface area contributed by atoms with E-state index < -0.39 is 11.8 Å². The summed E-state index contributed by atoms with van der Waals surface area (Å²) >= 11 is 9.30. The number of ether oxygens (including phenoxy) is 1. The van der Waals surface area contributed by atoms with Gasteiger partial charge in [-0.3, -0.25) is 0 Å². The first-order valence-electron chi connectivity index (χ1n) is 6.07. The van der Waals surface area contributed by atoms with Gasteiger partial charge in [0.25, 0.3) is 0 Å². The number of carbonyl (C=O) groups excluding carboxylic acids is 1. The Labute approximate surface area is 135 Å². The summed E-state index contributed by atoms with van der Waals surface area (Å²) in [5.41, 5.74) is 1.45. The van der Waals surface area contributed by atoms with Gasteiger partial charge in [-0.05, 0) is 51.8 Å². The van der Waals surface area contributed by atoms with E-state index in [1.807, 2.05) is 12.1 Å². The lowest BCUT2D eigenvalue weighted by atomic mass is 10.1. The first kappa shape index (κ1) is 15.8. The molecule has 0 atom stereocenters. The molecule has 0 heterocycles. The molecular formula is C15H12BrClFNO2. The summed E-state index contributed by atoms with van der Waals surface area (Å²) < 4.78 is 19.1. The third-order valence-electron chi connectivity index (χ3n) is 2.86. The zero-order valence-electron chi connectivity index (χ0n) is 11.1. The molecule has 1 N–H and O–H groups in total. The average Bonchev–Trinajstić information content (AvgIpc) is 2.48. The fourth-order valence-electron chi connectivity index (χ4n) is 1.75. The molecule has 110 valence electrons. The van der Waals surface area contributed by atoms with E-state index in [0.29, 0.717) is 17.1 Å². The highest BCUT2D eigenvalue weighted by Crippen LogP contribution is 2.25. The van der Waals surface area contributed by atoms with Crippen LogP contribution in [0.25, 0.3) is 0 Å². The van der Waals surface area contributed by atoms with E-state index >= 15 is 0 Å². The monoisotopic (exact) mass is 371 g/mol. The molecule has 2 aromatic carbocycles. The van der Waals surface area contributed by atoms with Gasteiger partial charge < -0.3 is 10.1 Å². The molecule has 0 aliphatic carbocycles. The molecule has 0 spiro atoms. The Bertz CT molecular complexity index is 679. The number of esters is 1. The molecule has 2 rings (SSSR count). The van der Waals surface area contributed by atoms with E-state index in [1.54, 1.807) is 12.1 Å². The van der Waals surface area contributed by atoms with E-state index in [9.17, 15) is 9.18 Å². The molecule has 0 aliphatic heterocycles. The van der Waals surface area contributed by atoms with Crippen LogP contribution in [-0.4, -0.2) is 13.1 Å². The van der Waals surface area contributed by atoms with Crippen molar-refractivity contribution >= 4 is 39.2 Å². The third-order valence-corrected chi connectivity index (χ3v) is 4.09. The number of halogens is 3. The SMILES string of the molecule is COC(=O)c1ccc(CNc2ccc(Br)c(Cl)c2)cc1F. The van der Waals surface area contributed by atoms with Crippen LogP contribution in [0.2, 0.25) is 5.02 Å². The maximum Gasteiger partial charge on any atom is 0.340 e. The van der Waals surface area contributed by atoms with E-state index in [0.717, 1.165) is 10.2 Å². The van der Waals surface area contributed by atoms with Crippen molar-refractivity contribution in [3.8, 4) is 0 Å². The smallest absolute Gasteiger partial charge is 0.340 e. The van der Waals surface area contributed by atoms with Crippen molar-refractivity contribution in [2.75, 3.05) is 12.4 Å². The van der Waals surface area contributed by atoms with Crippen LogP contribution in [0.1, 0.15) is 15.9 Å². The predicted molar refractivity (Wildman–Crippen MR) is 84.2 cm³/mol. The molecule has 0 unspecified atom stereocenters. The molecule has 6 heteroatoms. The quantitative estimate of drug-likeness (QED) is 0.795. The zero-order valence-corrected chi connectivity index (χ0v) is 13.5. The third kappa shape index (κ3) is 3.95. The second-order valence-electron chi connectivity index (χ2n) is 4.29. The number of rotatable bonds is 4. The highest BCUT2D eigenvalue weighted by atomic mass is 79.9. The summed E-state index contributed by atoms with van der Waals surface area (Å²) in [5, 5.41) is 3.72. The molecule has 0 bridgehead atoms. The number of hydrogen-bond acceptors (Lipinski definition) is 3. The van der Waals surface area contributed by atoms with Crippen LogP contribution in [0.3, 0.4) is 0 Å². The second-order valence-corrected chi connectivity index (χ2v) is 5.55. The fourth-order valence-corrected chi connectivity index (χ4v) is 2.18. The summed E-state index contributed by atoms with van der Waals surface area (Å²) in [5.74, 6) is -1.29. The lowest BCUT2D eigenvalue weighted by molar-refractivity contribution is 0.0595. The summed E-state index contributed by atoms with van der Waals surface area (Å²) in [4.78, 5) is 11.3. The first-order chi connectivity index (χ1) is 10.0. The van der Waals surface area contributed by atoms with Gasteiger partial charge in [-0.25, -0.2) is 9.18 Å². The van der Waals surface area contributed by atoms with Gasteiger partial charge in [0.2, 0.25) is 0 Å². The highest BCUT2D eigenvalue weighted by Gasteiger charge is 2.12. The molecule has 0 aliphatic rings. The van der Waals surface area contributed by atoms with Gasteiger partial charge >= 0.3 is 5.97 Å². The van der Waals surface area contributed by atoms with Crippen molar-refractivity contribution in [2.45, 2.75) is 6.54 Å². The zero-order chi connectivity index (χ0) is 15.4. The number of hydrogen-bond donors (Lipinski definition) is 1. The van der Waals surface area contributed by atoms with Gasteiger partial charge in [0.1, 0.15) is 5.82 Å². The normalized spacial score (nSPS) is 10.3. The van der Waals surface area contributed by atoms with E-state index in [1.165, 1.54) is 19.2 Å². The molecule has 0 aromatic heterocycles. The Kier molecular flexibility index (Phi) is 5.20. The second kappa shape index (κ2) is 6.91. The van der Waals surface area contributed by atoms with Crippen molar-refractivity contribution in [1.29, 1.82) is 0 Å². The molecule has 0 radical (unpaired) electrons. The summed E-state index contributed by atoms with van der Waals surface area (Å²) in [6, 6.07) is 9.83. The lowest BCUT2D eigenvalue weighted by Crippen LogP contribution is -2.06. The van der Waals surface area contributed by atoms with Crippen LogP contribution in [0, 0.1) is 5.82 Å². The fraction of sp³-hybridized carbons (Fsp3) is 0.133. The molecule has 0 saturated carbocycles. The topological polar surface area (TPSA) is 38.3 Å². The van der Waals surface area contributed by atoms with Crippen LogP contribution in [0.15, 0.2) is 40.9 Å². The average molecular weight is 373 g/mol. The molecule has 21 heavy (non-hydrogen) atoms. The number of methoxy groups -OCH3 is 1. The minimum absolute atomic E-state index is 0.0760. The Morgan fingerprint density at radius 1 is 1.33 bits per heavy atom. The van der Waals surface area contributed by atoms with Gasteiger partial charge in [-0.1, -0.05) is 17.7 Å². The Hall–Kier alpha value is -1.59. The van der Waals surface area contributed by atoms with Crippen LogP contribution in [0.4, 0.5) is 10.1 Å². The summed E-state index contributed by atoms with van der Waals surface area (Å²) in [6.45, 7) is 0.413. The van der Waals surface area contributed by atoms with Gasteiger partial charge in [-0.2, -0.15) is 0 Å². The summed E-state index contributed by atoms with van der Waals surface area (Å²) in [7, 11) is 1.22. The molecule has 3 nitrogen and oxygen atoms in total. The van der Waals surface area contributed by atoms with Crippen LogP contribution < -0.4 is 5.32 Å². The number of nitrogens with one attached hydrogen (secondary N) is 1. The van der Waals surface area contributed by atoms with Crippen LogP contribution in [0.5, 0.6) is 0 Å². The van der Waals surface area contributed by atoms with E-state index in [-0.39, 0.29) is 5.56 Å². The van der Waals surface area contributed by atoms with Crippen LogP contribution >= 0.6 is 27.5 Å². The Morgan fingerprint density at radius 2 is 2.10 bits per heavy atom. The van der Waals surface area contributed by atoms with E-state index in [4.69, 9.17) is 11.6 Å². The van der Waals surface area contributed by atoms with Crippen molar-refractivity contribution in [2.24, 2.45) is 0 Å². The van der Waals surface area contributed by atoms with E-state index in [2.05, 4.69) is 26.0 Å².